The predicted octanol–water partition coefficient (Wildman–Crippen LogP) is 4.29. The normalized spacial score (nSPS) is 10.6. The van der Waals surface area contributed by atoms with Crippen molar-refractivity contribution in [3.05, 3.63) is 77.4 Å². The molecule has 1 N–H and O–H groups in total. The van der Waals surface area contributed by atoms with Gasteiger partial charge in [0.25, 0.3) is 5.91 Å². The van der Waals surface area contributed by atoms with Crippen molar-refractivity contribution in [1.29, 1.82) is 0 Å². The molecule has 6 heteroatoms. The van der Waals surface area contributed by atoms with Gasteiger partial charge in [-0.3, -0.25) is 9.78 Å². The fourth-order valence-corrected chi connectivity index (χ4v) is 2.45. The highest BCUT2D eigenvalue weighted by atomic mass is 19.2. The highest BCUT2D eigenvalue weighted by molar-refractivity contribution is 6.03. The largest absolute Gasteiger partial charge is 0.321 e. The monoisotopic (exact) mass is 339 g/mol. The molecular weight excluding hydrogens is 324 g/mol. The van der Waals surface area contributed by atoms with E-state index >= 15 is 0 Å². The molecule has 0 aliphatic rings. The van der Waals surface area contributed by atoms with E-state index in [1.165, 1.54) is 6.07 Å². The molecular formula is C19H15F2N3O. The number of nitrogens with one attached hydrogen (secondary N) is 1. The smallest absolute Gasteiger partial charge is 0.274 e. The molecule has 0 unspecified atom stereocenters. The Morgan fingerprint density at radius 1 is 0.920 bits per heavy atom. The first-order chi connectivity index (χ1) is 11.9. The molecule has 25 heavy (non-hydrogen) atoms. The summed E-state index contributed by atoms with van der Waals surface area (Å²) in [5.74, 6) is -2.25. The number of rotatable bonds is 3. The summed E-state index contributed by atoms with van der Waals surface area (Å²) in [7, 11) is 0. The summed E-state index contributed by atoms with van der Waals surface area (Å²) in [6.07, 6.45) is 1.60. The van der Waals surface area contributed by atoms with Gasteiger partial charge in [0, 0.05) is 23.3 Å². The van der Waals surface area contributed by atoms with E-state index in [1.54, 1.807) is 37.4 Å². The molecule has 0 atom stereocenters. The Kier molecular flexibility index (Phi) is 4.52. The molecule has 0 saturated carbocycles. The Balaban J connectivity index is 1.93. The summed E-state index contributed by atoms with van der Waals surface area (Å²) >= 11 is 0. The average Bonchev–Trinajstić information content (AvgIpc) is 2.57. The third-order valence-electron chi connectivity index (χ3n) is 3.59. The van der Waals surface area contributed by atoms with Crippen LogP contribution in [0, 0.1) is 25.5 Å². The highest BCUT2D eigenvalue weighted by Gasteiger charge is 2.12. The first kappa shape index (κ1) is 16.7. The molecule has 2 aromatic heterocycles. The molecule has 0 saturated heterocycles. The lowest BCUT2D eigenvalue weighted by atomic mass is 10.0. The fourth-order valence-electron chi connectivity index (χ4n) is 2.45. The lowest BCUT2D eigenvalue weighted by molar-refractivity contribution is 0.102. The minimum absolute atomic E-state index is 0.189. The predicted molar refractivity (Wildman–Crippen MR) is 91.3 cm³/mol. The van der Waals surface area contributed by atoms with Crippen LogP contribution < -0.4 is 5.32 Å². The van der Waals surface area contributed by atoms with Gasteiger partial charge in [0.2, 0.25) is 0 Å². The van der Waals surface area contributed by atoms with Crippen LogP contribution in [0.5, 0.6) is 0 Å². The Morgan fingerprint density at radius 3 is 2.44 bits per heavy atom. The first-order valence-electron chi connectivity index (χ1n) is 7.60. The van der Waals surface area contributed by atoms with Crippen molar-refractivity contribution in [2.24, 2.45) is 0 Å². The molecule has 1 aromatic carbocycles. The zero-order valence-electron chi connectivity index (χ0n) is 13.7. The van der Waals surface area contributed by atoms with Crippen LogP contribution in [0.2, 0.25) is 0 Å². The number of hydrogen-bond acceptors (Lipinski definition) is 3. The number of anilines is 1. The molecule has 0 aliphatic carbocycles. The number of amides is 1. The Morgan fingerprint density at radius 2 is 1.72 bits per heavy atom. The van der Waals surface area contributed by atoms with Crippen LogP contribution in [0.4, 0.5) is 14.5 Å². The maximum atomic E-state index is 13.5. The fraction of sp³-hybridized carbons (Fsp3) is 0.105. The second-order valence-corrected chi connectivity index (χ2v) is 5.65. The van der Waals surface area contributed by atoms with Gasteiger partial charge < -0.3 is 5.32 Å². The quantitative estimate of drug-likeness (QED) is 0.774. The number of aryl methyl sites for hydroxylation is 2. The van der Waals surface area contributed by atoms with Crippen molar-refractivity contribution in [2.45, 2.75) is 13.8 Å². The topological polar surface area (TPSA) is 54.9 Å². The Labute approximate surface area is 143 Å². The van der Waals surface area contributed by atoms with Gasteiger partial charge in [-0.25, -0.2) is 13.8 Å². The molecule has 3 aromatic rings. The zero-order chi connectivity index (χ0) is 18.0. The maximum absolute atomic E-state index is 13.5. The van der Waals surface area contributed by atoms with Gasteiger partial charge in [-0.15, -0.1) is 0 Å². The SMILES string of the molecule is Cc1cc(NC(=O)c2cc(-c3ccc(F)c(F)c3)cc(C)n2)ccn1. The number of hydrogen-bond donors (Lipinski definition) is 1. The maximum Gasteiger partial charge on any atom is 0.274 e. The number of carbonyl (C=O) groups is 1. The van der Waals surface area contributed by atoms with E-state index in [1.807, 2.05) is 6.92 Å². The minimum Gasteiger partial charge on any atom is -0.321 e. The molecule has 0 aliphatic heterocycles. The van der Waals surface area contributed by atoms with Gasteiger partial charge in [0.1, 0.15) is 5.69 Å². The zero-order valence-corrected chi connectivity index (χ0v) is 13.7. The van der Waals surface area contributed by atoms with Crippen molar-refractivity contribution >= 4 is 11.6 Å². The minimum atomic E-state index is -0.940. The number of nitrogens with zero attached hydrogens (tertiary/aromatic N) is 2. The van der Waals surface area contributed by atoms with Crippen molar-refractivity contribution in [3.8, 4) is 11.1 Å². The number of aromatic nitrogens is 2. The number of pyridine rings is 2. The molecule has 0 spiro atoms. The average molecular weight is 339 g/mol. The lowest BCUT2D eigenvalue weighted by Crippen LogP contribution is -2.14. The number of benzene rings is 1. The van der Waals surface area contributed by atoms with E-state index in [0.29, 0.717) is 22.5 Å². The molecule has 0 bridgehead atoms. The van der Waals surface area contributed by atoms with Gasteiger partial charge in [-0.2, -0.15) is 0 Å². The van der Waals surface area contributed by atoms with E-state index in [4.69, 9.17) is 0 Å². The summed E-state index contributed by atoms with van der Waals surface area (Å²) in [6.45, 7) is 3.55. The summed E-state index contributed by atoms with van der Waals surface area (Å²) < 4.78 is 26.6. The van der Waals surface area contributed by atoms with Crippen molar-refractivity contribution < 1.29 is 13.6 Å². The number of carbonyl (C=O) groups excluding carboxylic acids is 1. The van der Waals surface area contributed by atoms with Gasteiger partial charge in [0.15, 0.2) is 11.6 Å². The molecule has 126 valence electrons. The van der Waals surface area contributed by atoms with E-state index in [-0.39, 0.29) is 5.69 Å². The molecule has 1 amide bonds. The molecule has 0 fully saturated rings. The lowest BCUT2D eigenvalue weighted by Gasteiger charge is -2.09. The van der Waals surface area contributed by atoms with E-state index in [0.717, 1.165) is 17.8 Å². The number of halogens is 2. The van der Waals surface area contributed by atoms with Crippen LogP contribution in [0.25, 0.3) is 11.1 Å². The third kappa shape index (κ3) is 3.85. The van der Waals surface area contributed by atoms with Crippen molar-refractivity contribution in [2.75, 3.05) is 5.32 Å². The van der Waals surface area contributed by atoms with Crippen LogP contribution in [0.3, 0.4) is 0 Å². The summed E-state index contributed by atoms with van der Waals surface area (Å²) in [6, 6.07) is 10.3. The molecule has 0 radical (unpaired) electrons. The van der Waals surface area contributed by atoms with E-state index < -0.39 is 17.5 Å². The molecule has 2 heterocycles. The van der Waals surface area contributed by atoms with Crippen molar-refractivity contribution in [3.63, 3.8) is 0 Å². The standard InChI is InChI=1S/C19H15F2N3O/c1-11-8-15(5-6-22-11)24-19(25)18-10-14(7-12(2)23-18)13-3-4-16(20)17(21)9-13/h3-10H,1-2H3,(H,22,24,25). The molecule has 4 nitrogen and oxygen atoms in total. The van der Waals surface area contributed by atoms with E-state index in [2.05, 4.69) is 15.3 Å². The first-order valence-corrected chi connectivity index (χ1v) is 7.60. The Hall–Kier alpha value is -3.15. The molecule has 3 rings (SSSR count). The van der Waals surface area contributed by atoms with Gasteiger partial charge in [-0.05, 0) is 61.4 Å². The summed E-state index contributed by atoms with van der Waals surface area (Å²) in [5, 5.41) is 2.75. The third-order valence-corrected chi connectivity index (χ3v) is 3.59. The van der Waals surface area contributed by atoms with Crippen LogP contribution in [-0.2, 0) is 0 Å². The summed E-state index contributed by atoms with van der Waals surface area (Å²) in [4.78, 5) is 20.7. The summed E-state index contributed by atoms with van der Waals surface area (Å²) in [5.41, 5.74) is 3.22. The van der Waals surface area contributed by atoms with E-state index in [9.17, 15) is 13.6 Å². The van der Waals surface area contributed by atoms with Crippen molar-refractivity contribution in [1.82, 2.24) is 9.97 Å². The van der Waals surface area contributed by atoms with Crippen LogP contribution in [-0.4, -0.2) is 15.9 Å². The van der Waals surface area contributed by atoms with Crippen LogP contribution in [0.1, 0.15) is 21.9 Å². The highest BCUT2D eigenvalue weighted by Crippen LogP contribution is 2.23. The second-order valence-electron chi connectivity index (χ2n) is 5.65. The Bertz CT molecular complexity index is 957. The van der Waals surface area contributed by atoms with Gasteiger partial charge in [0.05, 0.1) is 0 Å². The van der Waals surface area contributed by atoms with Crippen LogP contribution >= 0.6 is 0 Å². The van der Waals surface area contributed by atoms with Gasteiger partial charge >= 0.3 is 0 Å². The van der Waals surface area contributed by atoms with Gasteiger partial charge in [-0.1, -0.05) is 6.07 Å². The van der Waals surface area contributed by atoms with Crippen LogP contribution in [0.15, 0.2) is 48.7 Å². The second kappa shape index (κ2) is 6.76.